The molecule has 3 aromatic rings. The number of sulfonamides is 1. The molecule has 2 aromatic carbocycles. The Balaban J connectivity index is 1.67. The van der Waals surface area contributed by atoms with E-state index in [0.29, 0.717) is 9.83 Å². The zero-order chi connectivity index (χ0) is 23.1. The maximum atomic E-state index is 13.8. The van der Waals surface area contributed by atoms with Crippen LogP contribution in [0.4, 0.5) is 9.52 Å². The smallest absolute Gasteiger partial charge is 0.269 e. The molecule has 0 radical (unpaired) electrons. The zero-order valence-corrected chi connectivity index (χ0v) is 19.1. The van der Waals surface area contributed by atoms with E-state index in [1.807, 2.05) is 0 Å². The van der Waals surface area contributed by atoms with Gasteiger partial charge in [-0.05, 0) is 36.4 Å². The van der Waals surface area contributed by atoms with E-state index in [0.717, 1.165) is 0 Å². The summed E-state index contributed by atoms with van der Waals surface area (Å²) in [4.78, 5) is 16.6. The van der Waals surface area contributed by atoms with Crippen molar-refractivity contribution in [1.29, 1.82) is 0 Å². The Morgan fingerprint density at radius 1 is 1.09 bits per heavy atom. The van der Waals surface area contributed by atoms with Crippen LogP contribution in [0.25, 0.3) is 10.2 Å². The number of amides is 1. The molecule has 1 heterocycles. The molecule has 1 aromatic heterocycles. The van der Waals surface area contributed by atoms with Gasteiger partial charge >= 0.3 is 0 Å². The monoisotopic (exact) mass is 482 g/mol. The quantitative estimate of drug-likeness (QED) is 0.404. The summed E-state index contributed by atoms with van der Waals surface area (Å²) in [6.45, 7) is 0.837. The summed E-state index contributed by atoms with van der Waals surface area (Å²) in [6, 6.07) is 10.2. The lowest BCUT2D eigenvalue weighted by molar-refractivity contribution is 0.0962. The normalized spacial score (nSPS) is 11.8. The molecule has 0 saturated carbocycles. The van der Waals surface area contributed by atoms with Gasteiger partial charge < -0.3 is 9.47 Å². The van der Waals surface area contributed by atoms with Crippen LogP contribution < -0.4 is 10.9 Å². The van der Waals surface area contributed by atoms with Gasteiger partial charge in [0.2, 0.25) is 15.2 Å². The molecule has 172 valence electrons. The Morgan fingerprint density at radius 2 is 1.75 bits per heavy atom. The third-order valence-corrected chi connectivity index (χ3v) is 7.35. The summed E-state index contributed by atoms with van der Waals surface area (Å²) in [6.07, 6.45) is 0. The first-order valence-corrected chi connectivity index (χ1v) is 11.8. The Morgan fingerprint density at radius 3 is 2.34 bits per heavy atom. The van der Waals surface area contributed by atoms with Gasteiger partial charge in [-0.15, -0.1) is 0 Å². The lowest BCUT2D eigenvalue weighted by atomic mass is 10.2. The van der Waals surface area contributed by atoms with Crippen LogP contribution in [0.1, 0.15) is 10.4 Å². The van der Waals surface area contributed by atoms with Gasteiger partial charge in [0.1, 0.15) is 11.3 Å². The van der Waals surface area contributed by atoms with Crippen LogP contribution in [0.3, 0.4) is 0 Å². The molecule has 12 heteroatoms. The second kappa shape index (κ2) is 10.8. The fourth-order valence-corrected chi connectivity index (χ4v) is 5.06. The highest BCUT2D eigenvalue weighted by Crippen LogP contribution is 2.27. The molecule has 0 aliphatic carbocycles. The molecule has 32 heavy (non-hydrogen) atoms. The van der Waals surface area contributed by atoms with Gasteiger partial charge in [-0.2, -0.15) is 4.31 Å². The molecule has 9 nitrogen and oxygen atoms in total. The third kappa shape index (κ3) is 5.58. The Kier molecular flexibility index (Phi) is 8.10. The molecule has 0 atom stereocenters. The molecule has 3 rings (SSSR count). The van der Waals surface area contributed by atoms with E-state index in [9.17, 15) is 17.6 Å². The number of nitrogens with one attached hydrogen (secondary N) is 2. The van der Waals surface area contributed by atoms with Gasteiger partial charge in [0.05, 0.1) is 22.8 Å². The van der Waals surface area contributed by atoms with Gasteiger partial charge in [-0.1, -0.05) is 17.4 Å². The van der Waals surface area contributed by atoms with Gasteiger partial charge in [0.25, 0.3) is 5.91 Å². The number of benzene rings is 2. The largest absolute Gasteiger partial charge is 0.383 e. The number of carbonyl (C=O) groups is 1. The molecule has 0 aliphatic rings. The van der Waals surface area contributed by atoms with Crippen LogP contribution in [0, 0.1) is 5.82 Å². The van der Waals surface area contributed by atoms with Crippen molar-refractivity contribution in [1.82, 2.24) is 14.7 Å². The summed E-state index contributed by atoms with van der Waals surface area (Å²) in [5.41, 5.74) is 5.59. The van der Waals surface area contributed by atoms with E-state index < -0.39 is 21.7 Å². The predicted molar refractivity (Wildman–Crippen MR) is 120 cm³/mol. The first-order valence-electron chi connectivity index (χ1n) is 9.56. The molecule has 0 aliphatic heterocycles. The number of hydrazine groups is 1. The number of carbonyl (C=O) groups excluding carboxylic acids is 1. The van der Waals surface area contributed by atoms with Crippen LogP contribution in [0.15, 0.2) is 47.4 Å². The lowest BCUT2D eigenvalue weighted by Crippen LogP contribution is -2.36. The van der Waals surface area contributed by atoms with Crippen molar-refractivity contribution in [2.45, 2.75) is 4.90 Å². The minimum Gasteiger partial charge on any atom is -0.383 e. The molecular formula is C20H23FN4O5S2. The molecular weight excluding hydrogens is 459 g/mol. The van der Waals surface area contributed by atoms with Crippen molar-refractivity contribution >= 4 is 42.6 Å². The second-order valence-corrected chi connectivity index (χ2v) is 9.57. The summed E-state index contributed by atoms with van der Waals surface area (Å²) < 4.78 is 51.5. The van der Waals surface area contributed by atoms with Crippen molar-refractivity contribution in [2.24, 2.45) is 0 Å². The second-order valence-electron chi connectivity index (χ2n) is 6.60. The van der Waals surface area contributed by atoms with Gasteiger partial charge in [0.15, 0.2) is 0 Å². The Bertz CT molecular complexity index is 1160. The minimum atomic E-state index is -3.78. The molecule has 0 saturated heterocycles. The highest BCUT2D eigenvalue weighted by molar-refractivity contribution is 7.89. The number of para-hydroxylation sites is 1. The van der Waals surface area contributed by atoms with Gasteiger partial charge in [-0.3, -0.25) is 15.6 Å². The fourth-order valence-electron chi connectivity index (χ4n) is 2.82. The highest BCUT2D eigenvalue weighted by Gasteiger charge is 2.24. The van der Waals surface area contributed by atoms with Crippen LogP contribution in [-0.4, -0.2) is 64.1 Å². The van der Waals surface area contributed by atoms with Gasteiger partial charge in [0, 0.05) is 32.9 Å². The van der Waals surface area contributed by atoms with Crippen LogP contribution in [0.2, 0.25) is 0 Å². The van der Waals surface area contributed by atoms with E-state index in [1.54, 1.807) is 12.1 Å². The van der Waals surface area contributed by atoms with Crippen LogP contribution in [-0.2, 0) is 19.5 Å². The summed E-state index contributed by atoms with van der Waals surface area (Å²) in [5.74, 6) is -0.940. The molecule has 0 spiro atoms. The van der Waals surface area contributed by atoms with Gasteiger partial charge in [-0.25, -0.2) is 17.8 Å². The summed E-state index contributed by atoms with van der Waals surface area (Å²) in [5, 5.41) is 0.324. The maximum absolute atomic E-state index is 13.8. The van der Waals surface area contributed by atoms with Crippen molar-refractivity contribution in [3.05, 3.63) is 53.8 Å². The fraction of sp³-hybridized carbons (Fsp3) is 0.300. The van der Waals surface area contributed by atoms with E-state index in [1.165, 1.54) is 60.2 Å². The van der Waals surface area contributed by atoms with Crippen molar-refractivity contribution in [2.75, 3.05) is 45.9 Å². The average Bonchev–Trinajstić information content (AvgIpc) is 3.22. The number of hydrogen-bond acceptors (Lipinski definition) is 8. The molecule has 2 N–H and O–H groups in total. The topological polar surface area (TPSA) is 110 Å². The third-order valence-electron chi connectivity index (χ3n) is 4.50. The predicted octanol–water partition coefficient (Wildman–Crippen LogP) is 2.48. The number of ether oxygens (including phenoxy) is 2. The number of nitrogens with zero attached hydrogens (tertiary/aromatic N) is 2. The maximum Gasteiger partial charge on any atom is 0.269 e. The average molecular weight is 483 g/mol. The minimum absolute atomic E-state index is 0.0517. The number of fused-ring (bicyclic) bond motifs is 1. The van der Waals surface area contributed by atoms with Crippen LogP contribution >= 0.6 is 11.3 Å². The molecule has 1 amide bonds. The SMILES string of the molecule is COCCN(CCOC)S(=O)(=O)c1ccc(C(=O)NNc2nc3c(F)cccc3s2)cc1. The standard InChI is InChI=1S/C20H23FN4O5S2/c1-29-12-10-25(11-13-30-2)32(27,28)15-8-6-14(7-9-15)19(26)23-24-20-22-18-16(21)4-3-5-17(18)31-20/h3-9H,10-13H2,1-2H3,(H,22,24)(H,23,26). The Labute approximate surface area is 189 Å². The van der Waals surface area contributed by atoms with Crippen molar-refractivity contribution < 1.29 is 27.1 Å². The van der Waals surface area contributed by atoms with E-state index in [-0.39, 0.29) is 42.3 Å². The van der Waals surface area contributed by atoms with E-state index in [2.05, 4.69) is 15.8 Å². The first kappa shape index (κ1) is 24.0. The molecule has 0 fully saturated rings. The number of thiazole rings is 1. The van der Waals surface area contributed by atoms with E-state index >= 15 is 0 Å². The molecule has 0 bridgehead atoms. The molecule has 0 unspecified atom stereocenters. The van der Waals surface area contributed by atoms with Crippen molar-refractivity contribution in [3.8, 4) is 0 Å². The number of methoxy groups -OCH3 is 2. The highest BCUT2D eigenvalue weighted by atomic mass is 32.2. The number of anilines is 1. The van der Waals surface area contributed by atoms with Crippen LogP contribution in [0.5, 0.6) is 0 Å². The Hall–Kier alpha value is -2.64. The number of rotatable bonds is 11. The lowest BCUT2D eigenvalue weighted by Gasteiger charge is -2.21. The number of aromatic nitrogens is 1. The summed E-state index contributed by atoms with van der Waals surface area (Å²) in [7, 11) is -0.793. The number of hydrogen-bond donors (Lipinski definition) is 2. The van der Waals surface area contributed by atoms with E-state index in [4.69, 9.17) is 9.47 Å². The first-order chi connectivity index (χ1) is 15.4. The number of halogens is 1. The summed E-state index contributed by atoms with van der Waals surface area (Å²) >= 11 is 1.19. The van der Waals surface area contributed by atoms with Crippen molar-refractivity contribution in [3.63, 3.8) is 0 Å². The zero-order valence-electron chi connectivity index (χ0n) is 17.5.